The number of carbonyl (C=O) groups excluding carboxylic acids is 1. The predicted octanol–water partition coefficient (Wildman–Crippen LogP) is 5.32. The lowest BCUT2D eigenvalue weighted by Gasteiger charge is -2.20. The van der Waals surface area contributed by atoms with Gasteiger partial charge in [-0.3, -0.25) is 9.78 Å². The Hall–Kier alpha value is -3.46. The third-order valence-electron chi connectivity index (χ3n) is 4.84. The van der Waals surface area contributed by atoms with Gasteiger partial charge in [0.2, 0.25) is 5.91 Å². The summed E-state index contributed by atoms with van der Waals surface area (Å²) in [5, 5.41) is 4.20. The Kier molecular flexibility index (Phi) is 5.16. The van der Waals surface area contributed by atoms with Crippen LogP contribution in [0.3, 0.4) is 0 Å². The van der Waals surface area contributed by atoms with E-state index in [1.54, 1.807) is 6.92 Å². The molecular formula is C25H22N2O. The molecule has 3 aromatic carbocycles. The highest BCUT2D eigenvalue weighted by molar-refractivity contribution is 5.94. The molecule has 138 valence electrons. The topological polar surface area (TPSA) is 42.0 Å². The number of pyridine rings is 1. The van der Waals surface area contributed by atoms with Crippen LogP contribution in [0.5, 0.6) is 0 Å². The Morgan fingerprint density at radius 2 is 1.54 bits per heavy atom. The van der Waals surface area contributed by atoms with Crippen molar-refractivity contribution < 1.29 is 4.79 Å². The minimum absolute atomic E-state index is 0.0582. The maximum atomic E-state index is 11.9. The van der Waals surface area contributed by atoms with Crippen molar-refractivity contribution >= 4 is 16.8 Å². The maximum Gasteiger partial charge on any atom is 0.217 e. The van der Waals surface area contributed by atoms with E-state index >= 15 is 0 Å². The molecule has 0 unspecified atom stereocenters. The van der Waals surface area contributed by atoms with Gasteiger partial charge in [0.1, 0.15) is 0 Å². The molecule has 4 aromatic rings. The highest BCUT2D eigenvalue weighted by atomic mass is 16.1. The number of carbonyl (C=O) groups is 1. The highest BCUT2D eigenvalue weighted by Crippen LogP contribution is 2.31. The molecule has 0 spiro atoms. The fourth-order valence-electron chi connectivity index (χ4n) is 3.56. The monoisotopic (exact) mass is 366 g/mol. The van der Waals surface area contributed by atoms with Gasteiger partial charge in [-0.25, -0.2) is 0 Å². The SMILES string of the molecule is CC(=O)N[C@@H](Cc1ccccc1)c1cc(-c2ccccc2)c2ccccc2n1. The third kappa shape index (κ3) is 3.94. The molecule has 0 bridgehead atoms. The van der Waals surface area contributed by atoms with Gasteiger partial charge < -0.3 is 5.32 Å². The van der Waals surface area contributed by atoms with E-state index in [0.29, 0.717) is 6.42 Å². The van der Waals surface area contributed by atoms with Crippen LogP contribution < -0.4 is 5.32 Å². The number of benzene rings is 3. The van der Waals surface area contributed by atoms with E-state index in [9.17, 15) is 4.79 Å². The second kappa shape index (κ2) is 8.05. The predicted molar refractivity (Wildman–Crippen MR) is 114 cm³/mol. The largest absolute Gasteiger partial charge is 0.348 e. The van der Waals surface area contributed by atoms with Gasteiger partial charge in [0.25, 0.3) is 0 Å². The lowest BCUT2D eigenvalue weighted by Crippen LogP contribution is -2.28. The molecule has 3 nitrogen and oxygen atoms in total. The Morgan fingerprint density at radius 1 is 0.893 bits per heavy atom. The van der Waals surface area contributed by atoms with E-state index in [2.05, 4.69) is 41.7 Å². The Bertz CT molecular complexity index is 1090. The standard InChI is InChI=1S/C25H22N2O/c1-18(28)26-24(16-19-10-4-2-5-11-19)25-17-22(20-12-6-3-7-13-20)21-14-8-9-15-23(21)27-25/h2-15,17,24H,16H2,1H3,(H,26,28)/t24-/m0/s1. The number of para-hydroxylation sites is 1. The van der Waals surface area contributed by atoms with Gasteiger partial charge >= 0.3 is 0 Å². The van der Waals surface area contributed by atoms with E-state index in [0.717, 1.165) is 33.3 Å². The summed E-state index contributed by atoms with van der Waals surface area (Å²) >= 11 is 0. The average molecular weight is 366 g/mol. The summed E-state index contributed by atoms with van der Waals surface area (Å²) in [6, 6.07) is 30.6. The van der Waals surface area contributed by atoms with Gasteiger partial charge in [-0.1, -0.05) is 78.9 Å². The zero-order chi connectivity index (χ0) is 19.3. The number of amides is 1. The van der Waals surface area contributed by atoms with Crippen LogP contribution >= 0.6 is 0 Å². The van der Waals surface area contributed by atoms with Crippen molar-refractivity contribution in [3.05, 3.63) is 102 Å². The van der Waals surface area contributed by atoms with Crippen molar-refractivity contribution in [2.45, 2.75) is 19.4 Å². The van der Waals surface area contributed by atoms with Crippen LogP contribution in [-0.2, 0) is 11.2 Å². The summed E-state index contributed by atoms with van der Waals surface area (Å²) in [6.07, 6.45) is 0.694. The van der Waals surface area contributed by atoms with E-state index in [4.69, 9.17) is 4.98 Å². The molecule has 28 heavy (non-hydrogen) atoms. The van der Waals surface area contributed by atoms with Crippen LogP contribution in [0.4, 0.5) is 0 Å². The number of hydrogen-bond acceptors (Lipinski definition) is 2. The molecule has 0 saturated heterocycles. The molecule has 0 saturated carbocycles. The van der Waals surface area contributed by atoms with Gasteiger partial charge in [-0.2, -0.15) is 0 Å². The molecule has 0 fully saturated rings. The van der Waals surface area contributed by atoms with E-state index in [1.165, 1.54) is 0 Å². The maximum absolute atomic E-state index is 11.9. The van der Waals surface area contributed by atoms with Crippen molar-refractivity contribution in [3.8, 4) is 11.1 Å². The molecule has 4 rings (SSSR count). The zero-order valence-electron chi connectivity index (χ0n) is 15.8. The molecular weight excluding hydrogens is 344 g/mol. The lowest BCUT2D eigenvalue weighted by molar-refractivity contribution is -0.119. The van der Waals surface area contributed by atoms with Crippen LogP contribution in [0.2, 0.25) is 0 Å². The molecule has 1 amide bonds. The second-order valence-corrected chi connectivity index (χ2v) is 6.92. The summed E-state index contributed by atoms with van der Waals surface area (Å²) in [4.78, 5) is 16.8. The molecule has 0 radical (unpaired) electrons. The summed E-state index contributed by atoms with van der Waals surface area (Å²) in [6.45, 7) is 1.55. The van der Waals surface area contributed by atoms with Crippen LogP contribution in [0.1, 0.15) is 24.2 Å². The van der Waals surface area contributed by atoms with Crippen molar-refractivity contribution in [1.29, 1.82) is 0 Å². The van der Waals surface area contributed by atoms with Crippen molar-refractivity contribution in [3.63, 3.8) is 0 Å². The van der Waals surface area contributed by atoms with Gasteiger partial charge in [-0.05, 0) is 35.2 Å². The van der Waals surface area contributed by atoms with E-state index in [-0.39, 0.29) is 11.9 Å². The fraction of sp³-hybridized carbons (Fsp3) is 0.120. The minimum atomic E-state index is -0.188. The summed E-state index contributed by atoms with van der Waals surface area (Å²) in [5.74, 6) is -0.0582. The molecule has 1 atom stereocenters. The molecule has 0 aliphatic rings. The normalized spacial score (nSPS) is 11.9. The van der Waals surface area contributed by atoms with E-state index < -0.39 is 0 Å². The number of aromatic nitrogens is 1. The van der Waals surface area contributed by atoms with Gasteiger partial charge in [0.05, 0.1) is 17.3 Å². The second-order valence-electron chi connectivity index (χ2n) is 6.92. The van der Waals surface area contributed by atoms with Crippen molar-refractivity contribution in [2.75, 3.05) is 0 Å². The van der Waals surface area contributed by atoms with Crippen LogP contribution in [0.25, 0.3) is 22.0 Å². The molecule has 3 heteroatoms. The van der Waals surface area contributed by atoms with Gasteiger partial charge in [0.15, 0.2) is 0 Å². The Morgan fingerprint density at radius 3 is 2.25 bits per heavy atom. The summed E-state index contributed by atoms with van der Waals surface area (Å²) < 4.78 is 0. The number of rotatable bonds is 5. The first-order valence-corrected chi connectivity index (χ1v) is 9.47. The van der Waals surface area contributed by atoms with Gasteiger partial charge in [0, 0.05) is 12.3 Å². The van der Waals surface area contributed by atoms with Crippen LogP contribution in [0.15, 0.2) is 91.0 Å². The third-order valence-corrected chi connectivity index (χ3v) is 4.84. The smallest absolute Gasteiger partial charge is 0.217 e. The van der Waals surface area contributed by atoms with Gasteiger partial charge in [-0.15, -0.1) is 0 Å². The molecule has 0 aliphatic carbocycles. The lowest BCUT2D eigenvalue weighted by atomic mass is 9.96. The molecule has 1 N–H and O–H groups in total. The highest BCUT2D eigenvalue weighted by Gasteiger charge is 2.18. The Balaban J connectivity index is 1.84. The summed E-state index contributed by atoms with van der Waals surface area (Å²) in [7, 11) is 0. The first-order chi connectivity index (χ1) is 13.7. The average Bonchev–Trinajstić information content (AvgIpc) is 2.73. The number of nitrogens with zero attached hydrogens (tertiary/aromatic N) is 1. The molecule has 0 aliphatic heterocycles. The minimum Gasteiger partial charge on any atom is -0.348 e. The van der Waals surface area contributed by atoms with Crippen LogP contribution in [-0.4, -0.2) is 10.9 Å². The fourth-order valence-corrected chi connectivity index (χ4v) is 3.56. The van der Waals surface area contributed by atoms with E-state index in [1.807, 2.05) is 54.6 Å². The molecule has 1 heterocycles. The number of hydrogen-bond donors (Lipinski definition) is 1. The van der Waals surface area contributed by atoms with Crippen molar-refractivity contribution in [2.24, 2.45) is 0 Å². The number of nitrogens with one attached hydrogen (secondary N) is 1. The van der Waals surface area contributed by atoms with Crippen LogP contribution in [0, 0.1) is 0 Å². The summed E-state index contributed by atoms with van der Waals surface area (Å²) in [5.41, 5.74) is 5.24. The first kappa shape index (κ1) is 17.9. The van der Waals surface area contributed by atoms with Crippen molar-refractivity contribution in [1.82, 2.24) is 10.3 Å². The molecule has 1 aromatic heterocycles. The quantitative estimate of drug-likeness (QED) is 0.519. The zero-order valence-corrected chi connectivity index (χ0v) is 15.8. The Labute approximate surface area is 165 Å². The first-order valence-electron chi connectivity index (χ1n) is 9.47. The number of fused-ring (bicyclic) bond motifs is 1.